The molecule has 6 nitrogen and oxygen atoms in total. The van der Waals surface area contributed by atoms with Crippen molar-refractivity contribution >= 4 is 33.9 Å². The van der Waals surface area contributed by atoms with Gasteiger partial charge in [0.15, 0.2) is 10.8 Å². The van der Waals surface area contributed by atoms with Crippen molar-refractivity contribution in [1.29, 1.82) is 0 Å². The summed E-state index contributed by atoms with van der Waals surface area (Å²) in [7, 11) is 0. The van der Waals surface area contributed by atoms with Crippen molar-refractivity contribution in [1.82, 2.24) is 30.3 Å². The number of aryl methyl sites for hydroxylation is 1. The Bertz CT molecular complexity index is 1010. The Balaban J connectivity index is 1.72. The number of aromatic nitrogens is 4. The van der Waals surface area contributed by atoms with Crippen LogP contribution in [0.1, 0.15) is 63.5 Å². The van der Waals surface area contributed by atoms with Gasteiger partial charge in [0.2, 0.25) is 0 Å². The largest absolute Gasteiger partial charge is 0.360 e. The Morgan fingerprint density at radius 3 is 2.83 bits per heavy atom. The fraction of sp³-hybridized carbons (Fsp3) is 0.545. The topological polar surface area (TPSA) is 58.4 Å². The molecule has 1 unspecified atom stereocenters. The zero-order valence-electron chi connectivity index (χ0n) is 17.6. The lowest BCUT2D eigenvalue weighted by Gasteiger charge is -2.37. The average Bonchev–Trinajstić information content (AvgIpc) is 3.22. The van der Waals surface area contributed by atoms with Crippen molar-refractivity contribution in [2.24, 2.45) is 0 Å². The summed E-state index contributed by atoms with van der Waals surface area (Å²) in [5.41, 5.74) is 4.19. The summed E-state index contributed by atoms with van der Waals surface area (Å²) in [4.78, 5) is 2.38. The maximum atomic E-state index is 5.87. The van der Waals surface area contributed by atoms with Gasteiger partial charge < -0.3 is 10.2 Å². The zero-order chi connectivity index (χ0) is 20.4. The molecule has 1 N–H and O–H groups in total. The highest BCUT2D eigenvalue weighted by atomic mass is 32.1. The van der Waals surface area contributed by atoms with Crippen LogP contribution in [0, 0.1) is 6.92 Å². The predicted octanol–water partition coefficient (Wildman–Crippen LogP) is 4.39. The molecule has 0 radical (unpaired) electrons. The lowest BCUT2D eigenvalue weighted by molar-refractivity contribution is 0.233. The molecule has 154 valence electrons. The van der Waals surface area contributed by atoms with E-state index in [0.717, 1.165) is 40.2 Å². The van der Waals surface area contributed by atoms with Crippen molar-refractivity contribution < 1.29 is 0 Å². The maximum Gasteiger partial charge on any atom is 0.184 e. The van der Waals surface area contributed by atoms with Crippen LogP contribution in [0.15, 0.2) is 24.3 Å². The maximum absolute atomic E-state index is 5.87. The van der Waals surface area contributed by atoms with Gasteiger partial charge in [-0.25, -0.2) is 0 Å². The van der Waals surface area contributed by atoms with Gasteiger partial charge in [-0.2, -0.15) is 4.52 Å². The zero-order valence-corrected chi connectivity index (χ0v) is 18.4. The number of pyridine rings is 1. The van der Waals surface area contributed by atoms with Crippen LogP contribution in [0.2, 0.25) is 0 Å². The number of nitrogens with zero attached hydrogens (tertiary/aromatic N) is 5. The fourth-order valence-electron chi connectivity index (χ4n) is 4.24. The van der Waals surface area contributed by atoms with Crippen molar-refractivity contribution in [2.75, 3.05) is 0 Å². The van der Waals surface area contributed by atoms with Crippen LogP contribution in [0.25, 0.3) is 16.6 Å². The first kappa shape index (κ1) is 20.0. The quantitative estimate of drug-likeness (QED) is 0.630. The summed E-state index contributed by atoms with van der Waals surface area (Å²) in [6, 6.07) is 9.45. The Labute approximate surface area is 177 Å². The van der Waals surface area contributed by atoms with Crippen LogP contribution in [-0.4, -0.2) is 42.1 Å². The SMILES string of the molecule is CCC(C)NC(=S)N(Cc1cc2cc(C)ccc2n2nnnc12)C1CCCCC1. The van der Waals surface area contributed by atoms with E-state index in [9.17, 15) is 0 Å². The monoisotopic (exact) mass is 410 g/mol. The van der Waals surface area contributed by atoms with E-state index in [1.807, 2.05) is 4.52 Å². The van der Waals surface area contributed by atoms with Gasteiger partial charge in [-0.15, -0.1) is 5.10 Å². The van der Waals surface area contributed by atoms with E-state index in [0.29, 0.717) is 12.1 Å². The first-order valence-corrected chi connectivity index (χ1v) is 11.1. The first-order chi connectivity index (χ1) is 14.1. The second-order valence-corrected chi connectivity index (χ2v) is 8.71. The Morgan fingerprint density at radius 2 is 2.07 bits per heavy atom. The minimum Gasteiger partial charge on any atom is -0.360 e. The van der Waals surface area contributed by atoms with Crippen LogP contribution in [-0.2, 0) is 6.54 Å². The van der Waals surface area contributed by atoms with E-state index in [4.69, 9.17) is 12.2 Å². The highest BCUT2D eigenvalue weighted by Gasteiger charge is 2.25. The summed E-state index contributed by atoms with van der Waals surface area (Å²) < 4.78 is 1.86. The molecule has 1 aliphatic rings. The summed E-state index contributed by atoms with van der Waals surface area (Å²) >= 11 is 5.87. The molecule has 0 amide bonds. The molecule has 1 saturated carbocycles. The van der Waals surface area contributed by atoms with Crippen LogP contribution in [0.3, 0.4) is 0 Å². The lowest BCUT2D eigenvalue weighted by atomic mass is 9.94. The predicted molar refractivity (Wildman–Crippen MR) is 121 cm³/mol. The van der Waals surface area contributed by atoms with Gasteiger partial charge in [0.05, 0.1) is 5.52 Å². The molecule has 2 heterocycles. The molecule has 1 fully saturated rings. The van der Waals surface area contributed by atoms with Crippen LogP contribution in [0.4, 0.5) is 0 Å². The first-order valence-electron chi connectivity index (χ1n) is 10.7. The molecule has 0 bridgehead atoms. The number of fused-ring (bicyclic) bond motifs is 3. The molecule has 0 saturated heterocycles. The van der Waals surface area contributed by atoms with Crippen molar-refractivity contribution in [3.05, 3.63) is 35.4 Å². The molecule has 1 aliphatic carbocycles. The van der Waals surface area contributed by atoms with Gasteiger partial charge in [-0.1, -0.05) is 37.8 Å². The third-order valence-corrected chi connectivity index (χ3v) is 6.45. The Morgan fingerprint density at radius 1 is 1.28 bits per heavy atom. The minimum absolute atomic E-state index is 0.364. The molecule has 0 aliphatic heterocycles. The minimum atomic E-state index is 0.364. The van der Waals surface area contributed by atoms with Gasteiger partial charge in [0, 0.05) is 29.6 Å². The number of thiocarbonyl (C=S) groups is 1. The van der Waals surface area contributed by atoms with Gasteiger partial charge in [0.1, 0.15) is 0 Å². The fourth-order valence-corrected chi connectivity index (χ4v) is 4.65. The number of hydrogen-bond donors (Lipinski definition) is 1. The van der Waals surface area contributed by atoms with E-state index < -0.39 is 0 Å². The molecule has 1 atom stereocenters. The summed E-state index contributed by atoms with van der Waals surface area (Å²) in [6.45, 7) is 7.20. The van der Waals surface area contributed by atoms with E-state index in [1.54, 1.807) is 0 Å². The van der Waals surface area contributed by atoms with Gasteiger partial charge in [-0.3, -0.25) is 0 Å². The third kappa shape index (κ3) is 4.20. The van der Waals surface area contributed by atoms with Gasteiger partial charge in [-0.05, 0) is 74.0 Å². The summed E-state index contributed by atoms with van der Waals surface area (Å²) in [6.07, 6.45) is 7.29. The van der Waals surface area contributed by atoms with Crippen molar-refractivity contribution in [3.8, 4) is 0 Å². The van der Waals surface area contributed by atoms with Crippen LogP contribution >= 0.6 is 12.2 Å². The standard InChI is InChI=1S/C22H30N6S/c1-4-16(3)23-22(29)27(19-8-6-5-7-9-19)14-18-13-17-12-15(2)10-11-20(17)28-21(18)24-25-26-28/h10-13,16,19H,4-9,14H2,1-3H3,(H,23,29). The molecule has 3 aromatic rings. The lowest BCUT2D eigenvalue weighted by Crippen LogP contribution is -2.48. The highest BCUT2D eigenvalue weighted by Crippen LogP contribution is 2.27. The number of benzene rings is 1. The second-order valence-electron chi connectivity index (χ2n) is 8.32. The number of nitrogens with one attached hydrogen (secondary N) is 1. The third-order valence-electron chi connectivity index (χ3n) is 6.10. The molecular formula is C22H30N6S. The normalized spacial score (nSPS) is 16.2. The highest BCUT2D eigenvalue weighted by molar-refractivity contribution is 7.80. The smallest absolute Gasteiger partial charge is 0.184 e. The van der Waals surface area contributed by atoms with Crippen molar-refractivity contribution in [3.63, 3.8) is 0 Å². The van der Waals surface area contributed by atoms with E-state index >= 15 is 0 Å². The Kier molecular flexibility index (Phi) is 5.94. The number of rotatable bonds is 5. The molecule has 0 spiro atoms. The summed E-state index contributed by atoms with van der Waals surface area (Å²) in [5, 5.41) is 18.1. The molecule has 29 heavy (non-hydrogen) atoms. The molecule has 4 rings (SSSR count). The van der Waals surface area contributed by atoms with E-state index in [2.05, 4.69) is 70.8 Å². The van der Waals surface area contributed by atoms with E-state index in [-0.39, 0.29) is 0 Å². The van der Waals surface area contributed by atoms with Crippen LogP contribution < -0.4 is 5.32 Å². The molecular weight excluding hydrogens is 380 g/mol. The Hall–Kier alpha value is -2.28. The molecule has 2 aromatic heterocycles. The summed E-state index contributed by atoms with van der Waals surface area (Å²) in [5.74, 6) is 0. The molecule has 1 aromatic carbocycles. The van der Waals surface area contributed by atoms with Crippen LogP contribution in [0.5, 0.6) is 0 Å². The second kappa shape index (κ2) is 8.61. The molecule has 7 heteroatoms. The average molecular weight is 411 g/mol. The number of hydrogen-bond acceptors (Lipinski definition) is 4. The van der Waals surface area contributed by atoms with E-state index in [1.165, 1.54) is 37.7 Å². The number of tetrazole rings is 1. The van der Waals surface area contributed by atoms with Gasteiger partial charge >= 0.3 is 0 Å². The van der Waals surface area contributed by atoms with Gasteiger partial charge in [0.25, 0.3) is 0 Å². The van der Waals surface area contributed by atoms with Crippen molar-refractivity contribution in [2.45, 2.75) is 77.9 Å².